The van der Waals surface area contributed by atoms with Crippen molar-refractivity contribution >= 4 is 11.9 Å². The van der Waals surface area contributed by atoms with Gasteiger partial charge in [-0.15, -0.1) is 0 Å². The average Bonchev–Trinajstić information content (AvgIpc) is 2.62. The van der Waals surface area contributed by atoms with Crippen molar-refractivity contribution in [3.63, 3.8) is 0 Å². The molecule has 0 aliphatic heterocycles. The standard InChI is InChI=1S/C15H28N2O3/c1-12(17(2)3)11-16-13(18)10-15(14(19)20)8-6-4-5-7-9-15/h12H,4-11H2,1-3H3,(H,16,18)(H,19,20). The largest absolute Gasteiger partial charge is 0.481 e. The molecule has 1 fully saturated rings. The lowest BCUT2D eigenvalue weighted by molar-refractivity contribution is -0.152. The highest BCUT2D eigenvalue weighted by Gasteiger charge is 2.40. The van der Waals surface area contributed by atoms with E-state index in [1.807, 2.05) is 25.9 Å². The Morgan fingerprint density at radius 1 is 1.20 bits per heavy atom. The molecule has 1 aliphatic rings. The van der Waals surface area contributed by atoms with E-state index in [-0.39, 0.29) is 18.4 Å². The average molecular weight is 284 g/mol. The van der Waals surface area contributed by atoms with Crippen LogP contribution in [0.1, 0.15) is 51.9 Å². The summed E-state index contributed by atoms with van der Waals surface area (Å²) < 4.78 is 0. The topological polar surface area (TPSA) is 69.6 Å². The first-order valence-corrected chi connectivity index (χ1v) is 7.54. The number of carbonyl (C=O) groups is 2. The fourth-order valence-electron chi connectivity index (χ4n) is 2.69. The second kappa shape index (κ2) is 7.62. The van der Waals surface area contributed by atoms with E-state index < -0.39 is 11.4 Å². The number of hydrogen-bond donors (Lipinski definition) is 2. The van der Waals surface area contributed by atoms with Crippen LogP contribution in [-0.4, -0.2) is 48.6 Å². The van der Waals surface area contributed by atoms with E-state index in [2.05, 4.69) is 5.32 Å². The number of hydrogen-bond acceptors (Lipinski definition) is 3. The predicted molar refractivity (Wildman–Crippen MR) is 78.5 cm³/mol. The molecule has 0 radical (unpaired) electrons. The zero-order valence-corrected chi connectivity index (χ0v) is 12.9. The van der Waals surface area contributed by atoms with Gasteiger partial charge in [-0.1, -0.05) is 25.7 Å². The van der Waals surface area contributed by atoms with Gasteiger partial charge in [-0.25, -0.2) is 0 Å². The lowest BCUT2D eigenvalue weighted by atomic mass is 9.77. The van der Waals surface area contributed by atoms with Crippen LogP contribution in [0, 0.1) is 5.41 Å². The summed E-state index contributed by atoms with van der Waals surface area (Å²) in [6, 6.07) is 0.244. The smallest absolute Gasteiger partial charge is 0.310 e. The zero-order chi connectivity index (χ0) is 15.2. The third-order valence-corrected chi connectivity index (χ3v) is 4.49. The molecule has 116 valence electrons. The van der Waals surface area contributed by atoms with E-state index in [9.17, 15) is 14.7 Å². The molecule has 1 amide bonds. The monoisotopic (exact) mass is 284 g/mol. The molecule has 0 bridgehead atoms. The molecule has 5 nitrogen and oxygen atoms in total. The highest BCUT2D eigenvalue weighted by Crippen LogP contribution is 2.38. The van der Waals surface area contributed by atoms with Crippen LogP contribution in [0.5, 0.6) is 0 Å². The third kappa shape index (κ3) is 4.78. The molecular formula is C15H28N2O3. The number of nitrogens with one attached hydrogen (secondary N) is 1. The molecule has 0 heterocycles. The highest BCUT2D eigenvalue weighted by atomic mass is 16.4. The van der Waals surface area contributed by atoms with E-state index in [1.54, 1.807) is 0 Å². The number of likely N-dealkylation sites (N-methyl/N-ethyl adjacent to an activating group) is 1. The predicted octanol–water partition coefficient (Wildman–Crippen LogP) is 1.87. The van der Waals surface area contributed by atoms with Crippen LogP contribution in [0.3, 0.4) is 0 Å². The van der Waals surface area contributed by atoms with Gasteiger partial charge >= 0.3 is 5.97 Å². The molecule has 1 atom stereocenters. The first-order valence-electron chi connectivity index (χ1n) is 7.54. The first-order chi connectivity index (χ1) is 9.37. The van der Waals surface area contributed by atoms with Crippen molar-refractivity contribution < 1.29 is 14.7 Å². The van der Waals surface area contributed by atoms with Gasteiger partial charge in [-0.05, 0) is 33.9 Å². The molecule has 1 saturated carbocycles. The number of aliphatic carboxylic acids is 1. The number of amides is 1. The third-order valence-electron chi connectivity index (χ3n) is 4.49. The molecule has 1 aliphatic carbocycles. The summed E-state index contributed by atoms with van der Waals surface area (Å²) >= 11 is 0. The SMILES string of the molecule is CC(CNC(=O)CC1(C(=O)O)CCCCCC1)N(C)C. The molecule has 0 spiro atoms. The molecular weight excluding hydrogens is 256 g/mol. The van der Waals surface area contributed by atoms with Crippen molar-refractivity contribution in [2.24, 2.45) is 5.41 Å². The second-order valence-electron chi connectivity index (χ2n) is 6.29. The number of carboxylic acid groups (broad SMARTS) is 1. The van der Waals surface area contributed by atoms with Crippen molar-refractivity contribution in [2.45, 2.75) is 57.9 Å². The van der Waals surface area contributed by atoms with Gasteiger partial charge in [0.25, 0.3) is 0 Å². The minimum atomic E-state index is -0.845. The van der Waals surface area contributed by atoms with Gasteiger partial charge < -0.3 is 15.3 Å². The Balaban J connectivity index is 2.57. The molecule has 1 rings (SSSR count). The fraction of sp³-hybridized carbons (Fsp3) is 0.867. The van der Waals surface area contributed by atoms with Crippen LogP contribution in [0.25, 0.3) is 0 Å². The van der Waals surface area contributed by atoms with Crippen molar-refractivity contribution in [1.29, 1.82) is 0 Å². The molecule has 0 saturated heterocycles. The van der Waals surface area contributed by atoms with Crippen molar-refractivity contribution in [3.05, 3.63) is 0 Å². The lowest BCUT2D eigenvalue weighted by Gasteiger charge is -2.28. The molecule has 0 aromatic heterocycles. The Labute approximate surface area is 121 Å². The van der Waals surface area contributed by atoms with Gasteiger partial charge in [-0.2, -0.15) is 0 Å². The Morgan fingerprint density at radius 3 is 2.20 bits per heavy atom. The molecule has 5 heteroatoms. The lowest BCUT2D eigenvalue weighted by Crippen LogP contribution is -2.42. The maximum atomic E-state index is 12.1. The van der Waals surface area contributed by atoms with Gasteiger partial charge in [0.15, 0.2) is 0 Å². The van der Waals surface area contributed by atoms with Crippen molar-refractivity contribution in [1.82, 2.24) is 10.2 Å². The molecule has 2 N–H and O–H groups in total. The number of rotatable bonds is 6. The van der Waals surface area contributed by atoms with Gasteiger partial charge in [0.05, 0.1) is 5.41 Å². The van der Waals surface area contributed by atoms with E-state index >= 15 is 0 Å². The summed E-state index contributed by atoms with van der Waals surface area (Å²) in [5.74, 6) is -0.946. The minimum absolute atomic E-state index is 0.114. The van der Waals surface area contributed by atoms with Crippen LogP contribution >= 0.6 is 0 Å². The van der Waals surface area contributed by atoms with E-state index in [1.165, 1.54) is 0 Å². The van der Waals surface area contributed by atoms with Crippen LogP contribution in [0.4, 0.5) is 0 Å². The number of nitrogens with zero attached hydrogens (tertiary/aromatic N) is 1. The minimum Gasteiger partial charge on any atom is -0.481 e. The normalized spacial score (nSPS) is 20.2. The number of carbonyl (C=O) groups excluding carboxylic acids is 1. The van der Waals surface area contributed by atoms with Crippen molar-refractivity contribution in [3.8, 4) is 0 Å². The van der Waals surface area contributed by atoms with Crippen LogP contribution in [-0.2, 0) is 9.59 Å². The summed E-state index contributed by atoms with van der Waals surface area (Å²) in [6.07, 6.45) is 5.34. The van der Waals surface area contributed by atoms with Crippen LogP contribution < -0.4 is 5.32 Å². The van der Waals surface area contributed by atoms with E-state index in [0.29, 0.717) is 19.4 Å². The first kappa shape index (κ1) is 17.0. The molecule has 20 heavy (non-hydrogen) atoms. The highest BCUT2D eigenvalue weighted by molar-refractivity contribution is 5.85. The van der Waals surface area contributed by atoms with Crippen molar-refractivity contribution in [2.75, 3.05) is 20.6 Å². The Hall–Kier alpha value is -1.10. The Kier molecular flexibility index (Phi) is 6.46. The van der Waals surface area contributed by atoms with E-state index in [0.717, 1.165) is 25.7 Å². The molecule has 0 aromatic rings. The maximum Gasteiger partial charge on any atom is 0.310 e. The van der Waals surface area contributed by atoms with Crippen LogP contribution in [0.2, 0.25) is 0 Å². The van der Waals surface area contributed by atoms with E-state index in [4.69, 9.17) is 0 Å². The Bertz CT molecular complexity index is 334. The fourth-order valence-corrected chi connectivity index (χ4v) is 2.69. The summed E-state index contributed by atoms with van der Waals surface area (Å²) in [5.41, 5.74) is -0.845. The quantitative estimate of drug-likeness (QED) is 0.731. The summed E-state index contributed by atoms with van der Waals surface area (Å²) in [4.78, 5) is 25.7. The Morgan fingerprint density at radius 2 is 1.75 bits per heavy atom. The summed E-state index contributed by atoms with van der Waals surface area (Å²) in [7, 11) is 3.92. The van der Waals surface area contributed by atoms with Crippen LogP contribution in [0.15, 0.2) is 0 Å². The number of carboxylic acids is 1. The molecule has 0 aromatic carbocycles. The van der Waals surface area contributed by atoms with Gasteiger partial charge in [0.2, 0.25) is 5.91 Å². The van der Waals surface area contributed by atoms with Gasteiger partial charge in [0.1, 0.15) is 0 Å². The second-order valence-corrected chi connectivity index (χ2v) is 6.29. The van der Waals surface area contributed by atoms with Gasteiger partial charge in [0, 0.05) is 19.0 Å². The zero-order valence-electron chi connectivity index (χ0n) is 12.9. The molecule has 1 unspecified atom stereocenters. The summed E-state index contributed by atoms with van der Waals surface area (Å²) in [5, 5.41) is 12.4. The maximum absolute atomic E-state index is 12.1. The summed E-state index contributed by atoms with van der Waals surface area (Å²) in [6.45, 7) is 2.58. The van der Waals surface area contributed by atoms with Gasteiger partial charge in [-0.3, -0.25) is 9.59 Å².